The Morgan fingerprint density at radius 3 is 3.15 bits per heavy atom. The average Bonchev–Trinajstić information content (AvgIpc) is 3.05. The van der Waals surface area contributed by atoms with Crippen molar-refractivity contribution in [2.24, 2.45) is 5.92 Å². The zero-order valence-corrected chi connectivity index (χ0v) is 11.5. The van der Waals surface area contributed by atoms with Crippen molar-refractivity contribution < 1.29 is 9.53 Å². The maximum Gasteiger partial charge on any atom is 0.407 e. The first kappa shape index (κ1) is 12.0. The number of hydrogen-bond donors (Lipinski definition) is 1. The van der Waals surface area contributed by atoms with E-state index in [2.05, 4.69) is 35.7 Å². The molecule has 0 radical (unpaired) electrons. The number of rotatable bonds is 1. The van der Waals surface area contributed by atoms with E-state index >= 15 is 0 Å². The van der Waals surface area contributed by atoms with E-state index in [1.807, 2.05) is 0 Å². The van der Waals surface area contributed by atoms with Crippen molar-refractivity contribution in [2.75, 3.05) is 6.61 Å². The van der Waals surface area contributed by atoms with Gasteiger partial charge in [0.2, 0.25) is 0 Å². The second-order valence-electron chi connectivity index (χ2n) is 6.21. The van der Waals surface area contributed by atoms with Gasteiger partial charge in [-0.2, -0.15) is 0 Å². The summed E-state index contributed by atoms with van der Waals surface area (Å²) in [6, 6.07) is 0. The predicted octanol–water partition coefficient (Wildman–Crippen LogP) is 3.41. The fourth-order valence-corrected chi connectivity index (χ4v) is 4.09. The van der Waals surface area contributed by atoms with Gasteiger partial charge in [0.05, 0.1) is 5.54 Å². The number of fused-ring (bicyclic) bond motifs is 1. The largest absolute Gasteiger partial charge is 0.447 e. The molecule has 0 aromatic carbocycles. The number of hydrogen-bond acceptors (Lipinski definition) is 2. The van der Waals surface area contributed by atoms with Crippen LogP contribution in [0.3, 0.4) is 0 Å². The van der Waals surface area contributed by atoms with Gasteiger partial charge < -0.3 is 10.1 Å². The van der Waals surface area contributed by atoms with Crippen LogP contribution in [0, 0.1) is 5.92 Å². The zero-order chi connectivity index (χ0) is 13.6. The maximum absolute atomic E-state index is 11.5. The van der Waals surface area contributed by atoms with Gasteiger partial charge in [-0.05, 0) is 36.8 Å². The third-order valence-electron chi connectivity index (χ3n) is 5.08. The van der Waals surface area contributed by atoms with Crippen molar-refractivity contribution in [1.29, 1.82) is 0 Å². The van der Waals surface area contributed by atoms with Crippen LogP contribution in [0.5, 0.6) is 0 Å². The lowest BCUT2D eigenvalue weighted by atomic mass is 9.76. The minimum Gasteiger partial charge on any atom is -0.447 e. The first-order chi connectivity index (χ1) is 9.77. The Balaban J connectivity index is 1.65. The highest BCUT2D eigenvalue weighted by molar-refractivity contribution is 5.71. The Morgan fingerprint density at radius 1 is 1.35 bits per heavy atom. The van der Waals surface area contributed by atoms with Gasteiger partial charge in [0.15, 0.2) is 0 Å². The molecule has 0 aromatic rings. The fraction of sp³-hybridized carbons (Fsp3) is 0.471. The van der Waals surface area contributed by atoms with Gasteiger partial charge in [-0.1, -0.05) is 42.4 Å². The predicted molar refractivity (Wildman–Crippen MR) is 77.2 cm³/mol. The number of amides is 1. The van der Waals surface area contributed by atoms with E-state index in [0.717, 1.165) is 25.7 Å². The number of cyclic esters (lactones) is 1. The number of alkyl carbamates (subject to hydrolysis) is 1. The smallest absolute Gasteiger partial charge is 0.407 e. The zero-order valence-electron chi connectivity index (χ0n) is 11.5. The normalized spacial score (nSPS) is 35.1. The highest BCUT2D eigenvalue weighted by Crippen LogP contribution is 2.46. The van der Waals surface area contributed by atoms with Gasteiger partial charge in [0.25, 0.3) is 0 Å². The molecule has 3 heteroatoms. The summed E-state index contributed by atoms with van der Waals surface area (Å²) in [6.07, 6.45) is 16.4. The molecular formula is C17H19NO2. The molecule has 1 amide bonds. The maximum atomic E-state index is 11.5. The fourth-order valence-electron chi connectivity index (χ4n) is 4.09. The number of nitrogens with one attached hydrogen (secondary N) is 1. The van der Waals surface area contributed by atoms with Gasteiger partial charge in [0, 0.05) is 5.92 Å². The van der Waals surface area contributed by atoms with Crippen LogP contribution in [0.1, 0.15) is 32.1 Å². The van der Waals surface area contributed by atoms with E-state index in [-0.39, 0.29) is 11.6 Å². The van der Waals surface area contributed by atoms with Gasteiger partial charge in [-0.15, -0.1) is 0 Å². The molecule has 1 unspecified atom stereocenters. The monoisotopic (exact) mass is 269 g/mol. The van der Waals surface area contributed by atoms with Gasteiger partial charge in [0.1, 0.15) is 6.61 Å². The number of carbonyl (C=O) groups is 1. The lowest BCUT2D eigenvalue weighted by Crippen LogP contribution is -2.47. The Bertz CT molecular complexity index is 582. The van der Waals surface area contributed by atoms with Gasteiger partial charge in [-0.25, -0.2) is 4.79 Å². The van der Waals surface area contributed by atoms with Crippen LogP contribution >= 0.6 is 0 Å². The molecule has 4 aliphatic rings. The molecular weight excluding hydrogens is 250 g/mol. The lowest BCUT2D eigenvalue weighted by Gasteiger charge is -2.32. The molecule has 1 saturated carbocycles. The minimum atomic E-state index is -0.246. The summed E-state index contributed by atoms with van der Waals surface area (Å²) in [5, 5.41) is 3.09. The quantitative estimate of drug-likeness (QED) is 0.792. The summed E-state index contributed by atoms with van der Waals surface area (Å²) >= 11 is 0. The van der Waals surface area contributed by atoms with Gasteiger partial charge >= 0.3 is 6.09 Å². The molecule has 2 atom stereocenters. The van der Waals surface area contributed by atoms with Crippen molar-refractivity contribution in [2.45, 2.75) is 37.6 Å². The van der Waals surface area contributed by atoms with Crippen LogP contribution in [0.2, 0.25) is 0 Å². The molecule has 104 valence electrons. The first-order valence-electron chi connectivity index (χ1n) is 7.48. The summed E-state index contributed by atoms with van der Waals surface area (Å²) in [5.41, 5.74) is 4.11. The van der Waals surface area contributed by atoms with Crippen LogP contribution in [-0.2, 0) is 4.74 Å². The summed E-state index contributed by atoms with van der Waals surface area (Å²) in [7, 11) is 0. The first-order valence-corrected chi connectivity index (χ1v) is 7.48. The standard InChI is InChI=1S/C17H19NO2/c19-16-18-17(11-20-16)9-3-6-15(17)14-8-7-12-4-1-2-5-13(12)10-14/h1,4-5,7-8,15H,2-3,6,9-11H2,(H,18,19)/t15?,17-/m0/s1. The van der Waals surface area contributed by atoms with Crippen molar-refractivity contribution in [1.82, 2.24) is 5.32 Å². The van der Waals surface area contributed by atoms with Crippen molar-refractivity contribution in [3.8, 4) is 0 Å². The van der Waals surface area contributed by atoms with Crippen LogP contribution in [0.25, 0.3) is 0 Å². The van der Waals surface area contributed by atoms with Crippen molar-refractivity contribution >= 4 is 6.09 Å². The van der Waals surface area contributed by atoms with Gasteiger partial charge in [-0.3, -0.25) is 0 Å². The van der Waals surface area contributed by atoms with Crippen LogP contribution < -0.4 is 5.32 Å². The van der Waals surface area contributed by atoms with Crippen LogP contribution in [0.15, 0.2) is 47.1 Å². The van der Waals surface area contributed by atoms with Crippen molar-refractivity contribution in [3.63, 3.8) is 0 Å². The molecule has 1 spiro atoms. The molecule has 20 heavy (non-hydrogen) atoms. The molecule has 3 aliphatic carbocycles. The highest BCUT2D eigenvalue weighted by atomic mass is 16.6. The highest BCUT2D eigenvalue weighted by Gasteiger charge is 2.50. The van der Waals surface area contributed by atoms with Crippen LogP contribution in [-0.4, -0.2) is 18.2 Å². The summed E-state index contributed by atoms with van der Waals surface area (Å²) in [6.45, 7) is 0.531. The summed E-state index contributed by atoms with van der Waals surface area (Å²) < 4.78 is 5.20. The second kappa shape index (κ2) is 4.37. The average molecular weight is 269 g/mol. The Kier molecular flexibility index (Phi) is 2.62. The molecule has 0 bridgehead atoms. The molecule has 1 heterocycles. The van der Waals surface area contributed by atoms with E-state index in [1.165, 1.54) is 23.1 Å². The van der Waals surface area contributed by atoms with Crippen molar-refractivity contribution in [3.05, 3.63) is 47.1 Å². The van der Waals surface area contributed by atoms with E-state index in [9.17, 15) is 4.79 Å². The molecule has 4 rings (SSSR count). The van der Waals surface area contributed by atoms with E-state index in [1.54, 1.807) is 0 Å². The summed E-state index contributed by atoms with van der Waals surface area (Å²) in [5.74, 6) is 0.429. The molecule has 1 N–H and O–H groups in total. The topological polar surface area (TPSA) is 38.3 Å². The minimum absolute atomic E-state index is 0.140. The third-order valence-corrected chi connectivity index (χ3v) is 5.08. The number of carbonyl (C=O) groups excluding carboxylic acids is 1. The van der Waals surface area contributed by atoms with E-state index < -0.39 is 0 Å². The second-order valence-corrected chi connectivity index (χ2v) is 6.21. The Morgan fingerprint density at radius 2 is 2.30 bits per heavy atom. The number of ether oxygens (including phenoxy) is 1. The van der Waals surface area contributed by atoms with Crippen LogP contribution in [0.4, 0.5) is 4.79 Å². The molecule has 1 saturated heterocycles. The Labute approximate surface area is 119 Å². The lowest BCUT2D eigenvalue weighted by molar-refractivity contribution is 0.168. The molecule has 2 fully saturated rings. The molecule has 1 aliphatic heterocycles. The Hall–Kier alpha value is -1.77. The SMILES string of the molecule is O=C1N[C@@]2(CCCC2C2=CC=C3C=CCC=C3C2)CO1. The number of allylic oxidation sites excluding steroid dienone is 7. The third kappa shape index (κ3) is 1.76. The van der Waals surface area contributed by atoms with E-state index in [4.69, 9.17) is 4.74 Å². The van der Waals surface area contributed by atoms with E-state index in [0.29, 0.717) is 12.5 Å². The molecule has 0 aromatic heterocycles. The molecule has 3 nitrogen and oxygen atoms in total. The summed E-state index contributed by atoms with van der Waals surface area (Å²) in [4.78, 5) is 11.5.